The molecule has 1 fully saturated rings. The van der Waals surface area contributed by atoms with E-state index in [-0.39, 0.29) is 6.61 Å². The molecule has 1 aromatic rings. The second-order valence-corrected chi connectivity index (χ2v) is 7.11. The third-order valence-corrected chi connectivity index (χ3v) is 6.30. The van der Waals surface area contributed by atoms with E-state index in [0.717, 1.165) is 24.8 Å². The maximum Gasteiger partial charge on any atom is 0.243 e. The Balaban J connectivity index is 2.42. The van der Waals surface area contributed by atoms with Crippen LogP contribution in [0.5, 0.6) is 0 Å². The summed E-state index contributed by atoms with van der Waals surface area (Å²) < 4.78 is 26.8. The van der Waals surface area contributed by atoms with E-state index < -0.39 is 15.6 Å². The molecule has 1 aromatic carbocycles. The van der Waals surface area contributed by atoms with Crippen LogP contribution in [-0.2, 0) is 16.4 Å². The largest absolute Gasteiger partial charge is 0.394 e. The van der Waals surface area contributed by atoms with Gasteiger partial charge in [-0.15, -0.1) is 0 Å². The third-order valence-electron chi connectivity index (χ3n) is 4.24. The Morgan fingerprint density at radius 2 is 1.95 bits per heavy atom. The van der Waals surface area contributed by atoms with E-state index in [9.17, 15) is 13.5 Å². The molecule has 5 heteroatoms. The molecule has 0 aliphatic heterocycles. The van der Waals surface area contributed by atoms with Gasteiger partial charge in [-0.25, -0.2) is 8.42 Å². The second-order valence-electron chi connectivity index (χ2n) is 5.17. The lowest BCUT2D eigenvalue weighted by Crippen LogP contribution is -2.56. The van der Waals surface area contributed by atoms with Crippen LogP contribution in [0.25, 0.3) is 0 Å². The molecular weight excluding hydrogens is 262 g/mol. The molecule has 19 heavy (non-hydrogen) atoms. The van der Waals surface area contributed by atoms with E-state index in [1.807, 2.05) is 19.1 Å². The molecule has 0 heterocycles. The van der Waals surface area contributed by atoms with Gasteiger partial charge in [-0.1, -0.05) is 25.1 Å². The Hall–Kier alpha value is -0.910. The zero-order valence-electron chi connectivity index (χ0n) is 11.5. The van der Waals surface area contributed by atoms with Gasteiger partial charge in [0, 0.05) is 7.05 Å². The van der Waals surface area contributed by atoms with E-state index in [1.54, 1.807) is 19.2 Å². The van der Waals surface area contributed by atoms with Crippen molar-refractivity contribution < 1.29 is 13.5 Å². The van der Waals surface area contributed by atoms with Gasteiger partial charge in [-0.05, 0) is 37.3 Å². The summed E-state index contributed by atoms with van der Waals surface area (Å²) in [5.41, 5.74) is 0.224. The standard InChI is InChI=1S/C14H21NO3S/c1-3-12-7-4-5-8-13(12)19(17,18)15(2)14(11-16)9-6-10-14/h4-5,7-8,16H,3,6,9-11H2,1-2H3. The van der Waals surface area contributed by atoms with Crippen molar-refractivity contribution in [3.63, 3.8) is 0 Å². The monoisotopic (exact) mass is 283 g/mol. The van der Waals surface area contributed by atoms with Crippen LogP contribution in [0.1, 0.15) is 31.7 Å². The fraction of sp³-hybridized carbons (Fsp3) is 0.571. The zero-order valence-corrected chi connectivity index (χ0v) is 12.3. The molecule has 106 valence electrons. The lowest BCUT2D eigenvalue weighted by molar-refractivity contribution is 0.0369. The summed E-state index contributed by atoms with van der Waals surface area (Å²) in [6, 6.07) is 7.08. The molecule has 1 N–H and O–H groups in total. The Morgan fingerprint density at radius 1 is 1.32 bits per heavy atom. The Bertz CT molecular complexity index is 544. The Labute approximate surface area is 115 Å². The molecule has 1 saturated carbocycles. The van der Waals surface area contributed by atoms with Crippen LogP contribution >= 0.6 is 0 Å². The summed E-state index contributed by atoms with van der Waals surface area (Å²) in [4.78, 5) is 0.361. The molecule has 0 bridgehead atoms. The van der Waals surface area contributed by atoms with E-state index >= 15 is 0 Å². The summed E-state index contributed by atoms with van der Waals surface area (Å²) in [7, 11) is -1.96. The number of nitrogens with zero attached hydrogens (tertiary/aromatic N) is 1. The first-order chi connectivity index (χ1) is 8.98. The maximum absolute atomic E-state index is 12.7. The average Bonchev–Trinajstić information content (AvgIpc) is 2.38. The van der Waals surface area contributed by atoms with Crippen molar-refractivity contribution in [2.75, 3.05) is 13.7 Å². The fourth-order valence-corrected chi connectivity index (χ4v) is 4.45. The first kappa shape index (κ1) is 14.5. The van der Waals surface area contributed by atoms with Gasteiger partial charge in [0.1, 0.15) is 0 Å². The molecule has 1 aliphatic carbocycles. The fourth-order valence-electron chi connectivity index (χ4n) is 2.61. The normalized spacial score (nSPS) is 18.3. The van der Waals surface area contributed by atoms with Crippen LogP contribution in [0.15, 0.2) is 29.2 Å². The zero-order chi connectivity index (χ0) is 14.1. The van der Waals surface area contributed by atoms with Gasteiger partial charge >= 0.3 is 0 Å². The smallest absolute Gasteiger partial charge is 0.243 e. The molecule has 0 amide bonds. The number of rotatable bonds is 5. The van der Waals surface area contributed by atoms with Crippen molar-refractivity contribution >= 4 is 10.0 Å². The van der Waals surface area contributed by atoms with Crippen LogP contribution in [0, 0.1) is 0 Å². The summed E-state index contributed by atoms with van der Waals surface area (Å²) >= 11 is 0. The van der Waals surface area contributed by atoms with Crippen molar-refractivity contribution in [3.05, 3.63) is 29.8 Å². The highest BCUT2D eigenvalue weighted by Gasteiger charge is 2.46. The van der Waals surface area contributed by atoms with Crippen LogP contribution < -0.4 is 0 Å². The first-order valence-electron chi connectivity index (χ1n) is 6.66. The number of hydrogen-bond acceptors (Lipinski definition) is 3. The molecular formula is C14H21NO3S. The second kappa shape index (κ2) is 5.23. The first-order valence-corrected chi connectivity index (χ1v) is 8.10. The number of sulfonamides is 1. The molecule has 0 atom stereocenters. The van der Waals surface area contributed by atoms with Gasteiger partial charge in [-0.2, -0.15) is 4.31 Å². The van der Waals surface area contributed by atoms with E-state index in [1.165, 1.54) is 4.31 Å². The van der Waals surface area contributed by atoms with Gasteiger partial charge in [0.15, 0.2) is 0 Å². The third kappa shape index (κ3) is 2.30. The molecule has 0 radical (unpaired) electrons. The minimum absolute atomic E-state index is 0.114. The lowest BCUT2D eigenvalue weighted by Gasteiger charge is -2.46. The topological polar surface area (TPSA) is 57.6 Å². The molecule has 0 saturated heterocycles. The number of aryl methyl sites for hydroxylation is 1. The highest BCUT2D eigenvalue weighted by Crippen LogP contribution is 2.39. The van der Waals surface area contributed by atoms with E-state index in [0.29, 0.717) is 11.3 Å². The quantitative estimate of drug-likeness (QED) is 0.896. The predicted molar refractivity (Wildman–Crippen MR) is 74.4 cm³/mol. The average molecular weight is 283 g/mol. The highest BCUT2D eigenvalue weighted by molar-refractivity contribution is 7.89. The van der Waals surface area contributed by atoms with Gasteiger partial charge in [0.2, 0.25) is 10.0 Å². The number of benzene rings is 1. The molecule has 0 spiro atoms. The molecule has 0 unspecified atom stereocenters. The Morgan fingerprint density at radius 3 is 2.42 bits per heavy atom. The number of aliphatic hydroxyl groups excluding tert-OH is 1. The molecule has 4 nitrogen and oxygen atoms in total. The van der Waals surface area contributed by atoms with Crippen molar-refractivity contribution in [1.82, 2.24) is 4.31 Å². The number of hydrogen-bond donors (Lipinski definition) is 1. The summed E-state index contributed by atoms with van der Waals surface area (Å²) in [5.74, 6) is 0. The molecule has 1 aliphatic rings. The predicted octanol–water partition coefficient (Wildman–Crippen LogP) is 1.78. The van der Waals surface area contributed by atoms with Crippen LogP contribution in [0.3, 0.4) is 0 Å². The van der Waals surface area contributed by atoms with Gasteiger partial charge in [0.25, 0.3) is 0 Å². The van der Waals surface area contributed by atoms with Gasteiger partial charge in [-0.3, -0.25) is 0 Å². The van der Waals surface area contributed by atoms with Gasteiger partial charge < -0.3 is 5.11 Å². The number of aliphatic hydroxyl groups is 1. The Kier molecular flexibility index (Phi) is 3.99. The van der Waals surface area contributed by atoms with Crippen LogP contribution in [-0.4, -0.2) is 37.0 Å². The van der Waals surface area contributed by atoms with E-state index in [2.05, 4.69) is 0 Å². The molecule has 2 rings (SSSR count). The van der Waals surface area contributed by atoms with Crippen LogP contribution in [0.2, 0.25) is 0 Å². The van der Waals surface area contributed by atoms with Crippen LogP contribution in [0.4, 0.5) is 0 Å². The molecule has 0 aromatic heterocycles. The van der Waals surface area contributed by atoms with E-state index in [4.69, 9.17) is 0 Å². The van der Waals surface area contributed by atoms with Crippen molar-refractivity contribution in [3.8, 4) is 0 Å². The van der Waals surface area contributed by atoms with Gasteiger partial charge in [0.05, 0.1) is 17.0 Å². The highest BCUT2D eigenvalue weighted by atomic mass is 32.2. The van der Waals surface area contributed by atoms with Crippen molar-refractivity contribution in [1.29, 1.82) is 0 Å². The SMILES string of the molecule is CCc1ccccc1S(=O)(=O)N(C)C1(CO)CCC1. The summed E-state index contributed by atoms with van der Waals surface area (Å²) in [6.07, 6.45) is 3.10. The number of likely N-dealkylation sites (N-methyl/N-ethyl adjacent to an activating group) is 1. The minimum Gasteiger partial charge on any atom is -0.394 e. The lowest BCUT2D eigenvalue weighted by atomic mass is 9.77. The summed E-state index contributed by atoms with van der Waals surface area (Å²) in [6.45, 7) is 1.83. The minimum atomic E-state index is -3.54. The maximum atomic E-state index is 12.7. The van der Waals surface area contributed by atoms with Crippen molar-refractivity contribution in [2.24, 2.45) is 0 Å². The summed E-state index contributed by atoms with van der Waals surface area (Å²) in [5, 5.41) is 9.54. The van der Waals surface area contributed by atoms with Crippen molar-refractivity contribution in [2.45, 2.75) is 43.0 Å².